The Labute approximate surface area is 94.6 Å². The molecule has 0 saturated heterocycles. The van der Waals surface area contributed by atoms with Gasteiger partial charge in [0, 0.05) is 5.56 Å². The zero-order valence-electron chi connectivity index (χ0n) is 9.27. The highest BCUT2D eigenvalue weighted by molar-refractivity contribution is 5.85. The summed E-state index contributed by atoms with van der Waals surface area (Å²) in [5, 5.41) is 8.78. The van der Waals surface area contributed by atoms with Gasteiger partial charge in [0.1, 0.15) is 0 Å². The van der Waals surface area contributed by atoms with Gasteiger partial charge >= 0.3 is 5.97 Å². The molecule has 0 fully saturated rings. The maximum atomic E-state index is 10.7. The Kier molecular flexibility index (Phi) is 4.51. The average molecular weight is 221 g/mol. The zero-order chi connectivity index (χ0) is 12.0. The van der Waals surface area contributed by atoms with Crippen molar-refractivity contribution >= 4 is 5.97 Å². The van der Waals surface area contributed by atoms with Crippen LogP contribution >= 0.6 is 0 Å². The molecule has 1 aromatic rings. The molecular weight excluding hydrogens is 206 g/mol. The minimum Gasteiger partial charge on any atom is -0.477 e. The largest absolute Gasteiger partial charge is 0.477 e. The Morgan fingerprint density at radius 1 is 1.62 bits per heavy atom. The third kappa shape index (κ3) is 3.38. The second-order valence-corrected chi connectivity index (χ2v) is 3.40. The summed E-state index contributed by atoms with van der Waals surface area (Å²) in [5.41, 5.74) is 0.841. The number of ether oxygens (including phenoxy) is 1. The van der Waals surface area contributed by atoms with Crippen molar-refractivity contribution in [2.75, 3.05) is 6.61 Å². The number of carbonyl (C=O) groups is 1. The smallest absolute Gasteiger partial charge is 0.354 e. The van der Waals surface area contributed by atoms with Crippen LogP contribution in [0.15, 0.2) is 24.8 Å². The van der Waals surface area contributed by atoms with Gasteiger partial charge in [-0.1, -0.05) is 12.1 Å². The number of unbranched alkanes of at least 4 members (excludes halogenated alkanes) is 1. The lowest BCUT2D eigenvalue weighted by Crippen LogP contribution is -2.05. The molecule has 0 spiro atoms. The van der Waals surface area contributed by atoms with Gasteiger partial charge in [-0.25, -0.2) is 9.78 Å². The molecule has 4 heteroatoms. The Balaban J connectivity index is 2.66. The molecule has 0 unspecified atom stereocenters. The van der Waals surface area contributed by atoms with E-state index in [0.29, 0.717) is 12.5 Å². The average Bonchev–Trinajstić information content (AvgIpc) is 2.26. The molecule has 0 radical (unpaired) electrons. The summed E-state index contributed by atoms with van der Waals surface area (Å²) in [4.78, 5) is 14.6. The van der Waals surface area contributed by atoms with E-state index >= 15 is 0 Å². The third-order valence-electron chi connectivity index (χ3n) is 2.06. The van der Waals surface area contributed by atoms with Crippen molar-refractivity contribution in [3.8, 4) is 5.88 Å². The minimum atomic E-state index is -1.05. The van der Waals surface area contributed by atoms with Crippen molar-refractivity contribution in [3.05, 3.63) is 36.0 Å². The summed E-state index contributed by atoms with van der Waals surface area (Å²) in [6, 6.07) is 3.16. The first-order valence-corrected chi connectivity index (χ1v) is 5.09. The Morgan fingerprint density at radius 3 is 3.00 bits per heavy atom. The number of pyridine rings is 1. The number of allylic oxidation sites excluding steroid dienone is 1. The van der Waals surface area contributed by atoms with Crippen LogP contribution in [0.1, 0.15) is 28.9 Å². The van der Waals surface area contributed by atoms with Crippen LogP contribution in [0.4, 0.5) is 0 Å². The predicted octanol–water partition coefficient (Wildman–Crippen LogP) is 2.43. The Bertz CT molecular complexity index is 388. The summed E-state index contributed by atoms with van der Waals surface area (Å²) in [5.74, 6) is -0.653. The molecule has 1 N–H and O–H groups in total. The lowest BCUT2D eigenvalue weighted by atomic mass is 10.2. The summed E-state index contributed by atoms with van der Waals surface area (Å²) < 4.78 is 5.41. The number of hydrogen-bond acceptors (Lipinski definition) is 3. The van der Waals surface area contributed by atoms with Gasteiger partial charge in [0.05, 0.1) is 6.61 Å². The van der Waals surface area contributed by atoms with E-state index in [1.165, 1.54) is 6.07 Å². The second kappa shape index (κ2) is 5.90. The number of hydrogen-bond donors (Lipinski definition) is 1. The van der Waals surface area contributed by atoms with E-state index in [0.717, 1.165) is 18.4 Å². The second-order valence-electron chi connectivity index (χ2n) is 3.40. The van der Waals surface area contributed by atoms with Gasteiger partial charge in [-0.15, -0.1) is 6.58 Å². The quantitative estimate of drug-likeness (QED) is 0.592. The maximum absolute atomic E-state index is 10.7. The molecule has 0 aromatic carbocycles. The molecule has 86 valence electrons. The molecule has 4 nitrogen and oxygen atoms in total. The lowest BCUT2D eigenvalue weighted by Gasteiger charge is -2.07. The number of aromatic nitrogens is 1. The standard InChI is InChI=1S/C12H15NO3/c1-3-4-5-8-16-11-9(2)6-7-10(13-11)12(14)15/h3,6-7H,1,4-5,8H2,2H3,(H,14,15). The van der Waals surface area contributed by atoms with Crippen molar-refractivity contribution < 1.29 is 14.6 Å². The van der Waals surface area contributed by atoms with Gasteiger partial charge in [-0.3, -0.25) is 0 Å². The van der Waals surface area contributed by atoms with Gasteiger partial charge in [0.25, 0.3) is 0 Å². The highest BCUT2D eigenvalue weighted by Crippen LogP contribution is 2.15. The summed E-state index contributed by atoms with van der Waals surface area (Å²) in [6.07, 6.45) is 3.54. The first-order chi connectivity index (χ1) is 7.65. The fourth-order valence-electron chi connectivity index (χ4n) is 1.17. The maximum Gasteiger partial charge on any atom is 0.354 e. The van der Waals surface area contributed by atoms with Crippen LogP contribution in [-0.4, -0.2) is 22.7 Å². The molecule has 0 aliphatic carbocycles. The number of carboxylic acid groups (broad SMARTS) is 1. The molecule has 1 heterocycles. The molecule has 16 heavy (non-hydrogen) atoms. The van der Waals surface area contributed by atoms with Crippen molar-refractivity contribution in [3.63, 3.8) is 0 Å². The predicted molar refractivity (Wildman–Crippen MR) is 60.9 cm³/mol. The molecular formula is C12H15NO3. The van der Waals surface area contributed by atoms with Crippen LogP contribution in [0.5, 0.6) is 5.88 Å². The summed E-state index contributed by atoms with van der Waals surface area (Å²) in [7, 11) is 0. The lowest BCUT2D eigenvalue weighted by molar-refractivity contribution is 0.0689. The van der Waals surface area contributed by atoms with Gasteiger partial charge in [-0.05, 0) is 25.8 Å². The van der Waals surface area contributed by atoms with E-state index in [1.54, 1.807) is 6.07 Å². The number of aryl methyl sites for hydroxylation is 1. The topological polar surface area (TPSA) is 59.4 Å². The number of aromatic carboxylic acids is 1. The van der Waals surface area contributed by atoms with Crippen LogP contribution < -0.4 is 4.74 Å². The summed E-state index contributed by atoms with van der Waals surface area (Å²) in [6.45, 7) is 5.96. The SMILES string of the molecule is C=CCCCOc1nc(C(=O)O)ccc1C. The molecule has 1 aromatic heterocycles. The van der Waals surface area contributed by atoms with E-state index in [9.17, 15) is 4.79 Å². The first-order valence-electron chi connectivity index (χ1n) is 5.09. The molecule has 0 aliphatic heterocycles. The normalized spacial score (nSPS) is 9.81. The fraction of sp³-hybridized carbons (Fsp3) is 0.333. The van der Waals surface area contributed by atoms with Gasteiger partial charge in [-0.2, -0.15) is 0 Å². The van der Waals surface area contributed by atoms with E-state index < -0.39 is 5.97 Å². The highest BCUT2D eigenvalue weighted by atomic mass is 16.5. The molecule has 1 rings (SSSR count). The zero-order valence-corrected chi connectivity index (χ0v) is 9.27. The minimum absolute atomic E-state index is 0.00400. The molecule has 0 saturated carbocycles. The Morgan fingerprint density at radius 2 is 2.38 bits per heavy atom. The fourth-order valence-corrected chi connectivity index (χ4v) is 1.17. The van der Waals surface area contributed by atoms with Crippen molar-refractivity contribution in [1.29, 1.82) is 0 Å². The van der Waals surface area contributed by atoms with Crippen molar-refractivity contribution in [2.24, 2.45) is 0 Å². The Hall–Kier alpha value is -1.84. The highest BCUT2D eigenvalue weighted by Gasteiger charge is 2.08. The van der Waals surface area contributed by atoms with Gasteiger partial charge in [0.2, 0.25) is 5.88 Å². The van der Waals surface area contributed by atoms with E-state index in [2.05, 4.69) is 11.6 Å². The molecule has 0 atom stereocenters. The van der Waals surface area contributed by atoms with Crippen LogP contribution in [0.25, 0.3) is 0 Å². The summed E-state index contributed by atoms with van der Waals surface area (Å²) >= 11 is 0. The van der Waals surface area contributed by atoms with Crippen molar-refractivity contribution in [1.82, 2.24) is 4.98 Å². The molecule has 0 aliphatic rings. The van der Waals surface area contributed by atoms with Crippen molar-refractivity contribution in [2.45, 2.75) is 19.8 Å². The van der Waals surface area contributed by atoms with Crippen LogP contribution in [-0.2, 0) is 0 Å². The van der Waals surface area contributed by atoms with Crippen LogP contribution in [0, 0.1) is 6.92 Å². The molecule has 0 bridgehead atoms. The van der Waals surface area contributed by atoms with E-state index in [1.807, 2.05) is 13.0 Å². The van der Waals surface area contributed by atoms with Gasteiger partial charge in [0.15, 0.2) is 5.69 Å². The number of rotatable bonds is 6. The van der Waals surface area contributed by atoms with Crippen LogP contribution in [0.2, 0.25) is 0 Å². The third-order valence-corrected chi connectivity index (χ3v) is 2.06. The monoisotopic (exact) mass is 221 g/mol. The molecule has 0 amide bonds. The van der Waals surface area contributed by atoms with E-state index in [-0.39, 0.29) is 5.69 Å². The number of nitrogens with zero attached hydrogens (tertiary/aromatic N) is 1. The number of carboxylic acids is 1. The first kappa shape index (κ1) is 12.2. The van der Waals surface area contributed by atoms with E-state index in [4.69, 9.17) is 9.84 Å². The van der Waals surface area contributed by atoms with Gasteiger partial charge < -0.3 is 9.84 Å². The van der Waals surface area contributed by atoms with Crippen LogP contribution in [0.3, 0.4) is 0 Å².